The van der Waals surface area contributed by atoms with Crippen molar-refractivity contribution in [2.45, 2.75) is 44.9 Å². The predicted molar refractivity (Wildman–Crippen MR) is 56.6 cm³/mol. The normalized spacial score (nSPS) is 39.2. The third-order valence-corrected chi connectivity index (χ3v) is 4.18. The third-order valence-electron chi connectivity index (χ3n) is 3.87. The molecule has 0 N–H and O–H groups in total. The Morgan fingerprint density at radius 3 is 2.58 bits per heavy atom. The highest BCUT2D eigenvalue weighted by Gasteiger charge is 2.38. The highest BCUT2D eigenvalue weighted by atomic mass is 32.1. The Morgan fingerprint density at radius 1 is 1.08 bits per heavy atom. The summed E-state index contributed by atoms with van der Waals surface area (Å²) >= 11 is 4.25. The Bertz CT molecular complexity index is 144. The van der Waals surface area contributed by atoms with Gasteiger partial charge < -0.3 is 0 Å². The maximum atomic E-state index is 4.25. The maximum Gasteiger partial charge on any atom is -0.00979 e. The van der Waals surface area contributed by atoms with Gasteiger partial charge in [0.1, 0.15) is 0 Å². The van der Waals surface area contributed by atoms with Crippen molar-refractivity contribution in [1.82, 2.24) is 0 Å². The molecule has 2 aliphatic carbocycles. The van der Waals surface area contributed by atoms with Gasteiger partial charge in [0.25, 0.3) is 0 Å². The minimum absolute atomic E-state index is 1.08. The predicted octanol–water partition coefficient (Wildman–Crippen LogP) is 3.52. The second kappa shape index (κ2) is 4.04. The lowest BCUT2D eigenvalue weighted by Gasteiger charge is -2.21. The van der Waals surface area contributed by atoms with Crippen LogP contribution in [0.1, 0.15) is 44.9 Å². The van der Waals surface area contributed by atoms with Gasteiger partial charge in [-0.1, -0.05) is 19.3 Å². The van der Waals surface area contributed by atoms with E-state index in [1.54, 1.807) is 25.7 Å². The molecule has 0 amide bonds. The maximum absolute atomic E-state index is 4.25. The van der Waals surface area contributed by atoms with Gasteiger partial charge in [-0.15, -0.1) is 0 Å². The summed E-state index contributed by atoms with van der Waals surface area (Å²) in [5.41, 5.74) is 0. The summed E-state index contributed by atoms with van der Waals surface area (Å²) < 4.78 is 0. The second-order valence-corrected chi connectivity index (χ2v) is 5.10. The molecule has 0 aliphatic heterocycles. The summed E-state index contributed by atoms with van der Waals surface area (Å²) in [6, 6.07) is 0. The second-order valence-electron chi connectivity index (χ2n) is 4.65. The standard InChI is InChI=1S/C11H20S/c12-6-2-1-3-10-7-9-4-5-11(10)8-9/h9-12H,1-8H2. The lowest BCUT2D eigenvalue weighted by molar-refractivity contribution is 0.308. The van der Waals surface area contributed by atoms with Crippen molar-refractivity contribution in [2.24, 2.45) is 17.8 Å². The number of thiol groups is 1. The van der Waals surface area contributed by atoms with Gasteiger partial charge in [-0.2, -0.15) is 12.6 Å². The number of hydrogen-bond acceptors (Lipinski definition) is 1. The highest BCUT2D eigenvalue weighted by molar-refractivity contribution is 7.80. The van der Waals surface area contributed by atoms with E-state index in [1.807, 2.05) is 0 Å². The number of fused-ring (bicyclic) bond motifs is 2. The zero-order valence-electron chi connectivity index (χ0n) is 7.84. The first-order valence-electron chi connectivity index (χ1n) is 5.51. The molecule has 12 heavy (non-hydrogen) atoms. The Hall–Kier alpha value is 0.350. The molecular weight excluding hydrogens is 164 g/mol. The van der Waals surface area contributed by atoms with Crippen LogP contribution >= 0.6 is 12.6 Å². The van der Waals surface area contributed by atoms with Crippen LogP contribution < -0.4 is 0 Å². The Kier molecular flexibility index (Phi) is 3.00. The SMILES string of the molecule is SCCCCC1CC2CCC1C2. The average Bonchev–Trinajstić information content (AvgIpc) is 2.65. The van der Waals surface area contributed by atoms with E-state index in [9.17, 15) is 0 Å². The molecule has 0 radical (unpaired) electrons. The van der Waals surface area contributed by atoms with Crippen molar-refractivity contribution in [1.29, 1.82) is 0 Å². The first-order chi connectivity index (χ1) is 5.90. The molecule has 2 bridgehead atoms. The monoisotopic (exact) mass is 184 g/mol. The van der Waals surface area contributed by atoms with Gasteiger partial charge in [0.15, 0.2) is 0 Å². The fourth-order valence-electron chi connectivity index (χ4n) is 3.25. The lowest BCUT2D eigenvalue weighted by Crippen LogP contribution is -2.09. The van der Waals surface area contributed by atoms with E-state index in [4.69, 9.17) is 0 Å². The van der Waals surface area contributed by atoms with E-state index in [0.717, 1.165) is 23.5 Å². The van der Waals surface area contributed by atoms with Crippen LogP contribution in [-0.2, 0) is 0 Å². The molecule has 0 aromatic rings. The van der Waals surface area contributed by atoms with Crippen molar-refractivity contribution >= 4 is 12.6 Å². The first kappa shape index (κ1) is 8.93. The van der Waals surface area contributed by atoms with Crippen LogP contribution in [0.3, 0.4) is 0 Å². The van der Waals surface area contributed by atoms with Gasteiger partial charge in [-0.3, -0.25) is 0 Å². The summed E-state index contributed by atoms with van der Waals surface area (Å²) in [5.74, 6) is 4.47. The molecule has 2 fully saturated rings. The summed E-state index contributed by atoms with van der Waals surface area (Å²) in [6.45, 7) is 0. The van der Waals surface area contributed by atoms with Gasteiger partial charge in [-0.05, 0) is 49.2 Å². The van der Waals surface area contributed by atoms with E-state index in [2.05, 4.69) is 12.6 Å². The van der Waals surface area contributed by atoms with Crippen molar-refractivity contribution in [3.63, 3.8) is 0 Å². The van der Waals surface area contributed by atoms with Crippen LogP contribution in [0, 0.1) is 17.8 Å². The van der Waals surface area contributed by atoms with E-state index in [0.29, 0.717) is 0 Å². The van der Waals surface area contributed by atoms with Crippen molar-refractivity contribution in [2.75, 3.05) is 5.75 Å². The first-order valence-corrected chi connectivity index (χ1v) is 6.14. The lowest BCUT2D eigenvalue weighted by atomic mass is 9.85. The molecule has 3 atom stereocenters. The van der Waals surface area contributed by atoms with Crippen LogP contribution in [0.5, 0.6) is 0 Å². The Morgan fingerprint density at radius 2 is 2.00 bits per heavy atom. The molecule has 0 aromatic carbocycles. The highest BCUT2D eigenvalue weighted by Crippen LogP contribution is 2.49. The van der Waals surface area contributed by atoms with Gasteiger partial charge in [-0.25, -0.2) is 0 Å². The molecule has 0 aromatic heterocycles. The summed E-state index contributed by atoms with van der Waals surface area (Å²) in [6.07, 6.45) is 10.5. The molecule has 1 heteroatoms. The number of rotatable bonds is 4. The van der Waals surface area contributed by atoms with E-state index in [1.165, 1.54) is 19.3 Å². The zero-order valence-corrected chi connectivity index (χ0v) is 8.73. The van der Waals surface area contributed by atoms with E-state index < -0.39 is 0 Å². The molecular formula is C11H20S. The van der Waals surface area contributed by atoms with E-state index in [-0.39, 0.29) is 0 Å². The summed E-state index contributed by atoms with van der Waals surface area (Å²) in [7, 11) is 0. The van der Waals surface area contributed by atoms with Crippen LogP contribution in [0.15, 0.2) is 0 Å². The fourth-order valence-corrected chi connectivity index (χ4v) is 3.47. The third kappa shape index (κ3) is 1.81. The number of hydrogen-bond donors (Lipinski definition) is 1. The minimum atomic E-state index is 1.08. The zero-order chi connectivity index (χ0) is 8.39. The molecule has 0 spiro atoms. The fraction of sp³-hybridized carbons (Fsp3) is 1.00. The van der Waals surface area contributed by atoms with Crippen molar-refractivity contribution in [3.8, 4) is 0 Å². The van der Waals surface area contributed by atoms with Crippen LogP contribution in [-0.4, -0.2) is 5.75 Å². The van der Waals surface area contributed by atoms with Crippen LogP contribution in [0.4, 0.5) is 0 Å². The number of unbranched alkanes of at least 4 members (excludes halogenated alkanes) is 1. The molecule has 0 heterocycles. The van der Waals surface area contributed by atoms with Gasteiger partial charge in [0, 0.05) is 0 Å². The smallest absolute Gasteiger partial charge is 0.00979 e. The average molecular weight is 184 g/mol. The van der Waals surface area contributed by atoms with Crippen molar-refractivity contribution < 1.29 is 0 Å². The summed E-state index contributed by atoms with van der Waals surface area (Å²) in [4.78, 5) is 0. The molecule has 2 rings (SSSR count). The van der Waals surface area contributed by atoms with E-state index >= 15 is 0 Å². The van der Waals surface area contributed by atoms with Crippen LogP contribution in [0.2, 0.25) is 0 Å². The van der Waals surface area contributed by atoms with Crippen molar-refractivity contribution in [3.05, 3.63) is 0 Å². The summed E-state index contributed by atoms with van der Waals surface area (Å²) in [5, 5.41) is 0. The Labute approximate surface area is 81.5 Å². The van der Waals surface area contributed by atoms with Gasteiger partial charge in [0.05, 0.1) is 0 Å². The molecule has 0 nitrogen and oxygen atoms in total. The quantitative estimate of drug-likeness (QED) is 0.501. The van der Waals surface area contributed by atoms with Gasteiger partial charge in [0.2, 0.25) is 0 Å². The van der Waals surface area contributed by atoms with Gasteiger partial charge >= 0.3 is 0 Å². The molecule has 0 saturated heterocycles. The molecule has 2 aliphatic rings. The van der Waals surface area contributed by atoms with Crippen LogP contribution in [0.25, 0.3) is 0 Å². The largest absolute Gasteiger partial charge is 0.179 e. The molecule has 3 unspecified atom stereocenters. The molecule has 70 valence electrons. The Balaban J connectivity index is 1.69. The molecule has 2 saturated carbocycles. The topological polar surface area (TPSA) is 0 Å². The minimum Gasteiger partial charge on any atom is -0.179 e.